The molecule has 25 heavy (non-hydrogen) atoms. The maximum absolute atomic E-state index is 12.0. The largest absolute Gasteiger partial charge is 0.389 e. The van der Waals surface area contributed by atoms with Crippen LogP contribution in [0.1, 0.15) is 31.2 Å². The zero-order valence-corrected chi connectivity index (χ0v) is 15.5. The zero-order chi connectivity index (χ0) is 18.3. The molecule has 1 aliphatic heterocycles. The number of likely N-dealkylation sites (tertiary alicyclic amines) is 1. The Labute approximate surface area is 150 Å². The van der Waals surface area contributed by atoms with Crippen LogP contribution in [0.5, 0.6) is 0 Å². The quantitative estimate of drug-likeness (QED) is 0.536. The fourth-order valence-corrected chi connectivity index (χ4v) is 3.80. The van der Waals surface area contributed by atoms with Crippen molar-refractivity contribution in [1.29, 1.82) is 0 Å². The van der Waals surface area contributed by atoms with Crippen LogP contribution in [0.15, 0.2) is 42.5 Å². The van der Waals surface area contributed by atoms with Crippen LogP contribution in [0.3, 0.4) is 0 Å². The molecule has 2 rings (SSSR count). The number of aliphatic hydroxyl groups is 1. The average molecular weight is 365 g/mol. The third-order valence-electron chi connectivity index (χ3n) is 4.38. The van der Waals surface area contributed by atoms with E-state index < -0.39 is 15.9 Å². The Balaban J connectivity index is 1.83. The van der Waals surface area contributed by atoms with Crippen molar-refractivity contribution in [1.82, 2.24) is 4.90 Å². The smallest absolute Gasteiger partial charge is 0.223 e. The van der Waals surface area contributed by atoms with E-state index in [1.54, 1.807) is 11.0 Å². The molecule has 1 aromatic rings. The van der Waals surface area contributed by atoms with Gasteiger partial charge in [0.05, 0.1) is 12.1 Å². The van der Waals surface area contributed by atoms with Gasteiger partial charge in [0, 0.05) is 31.4 Å². The van der Waals surface area contributed by atoms with Crippen molar-refractivity contribution in [2.24, 2.45) is 0 Å². The highest BCUT2D eigenvalue weighted by atomic mass is 32.2. The molecule has 5 nitrogen and oxygen atoms in total. The van der Waals surface area contributed by atoms with Gasteiger partial charge in [-0.3, -0.25) is 4.79 Å². The minimum Gasteiger partial charge on any atom is -0.389 e. The number of hydrogen-bond donors (Lipinski definition) is 1. The Hall–Kier alpha value is -1.66. The summed E-state index contributed by atoms with van der Waals surface area (Å²) in [6.45, 7) is 0.568. The van der Waals surface area contributed by atoms with E-state index in [2.05, 4.69) is 0 Å². The van der Waals surface area contributed by atoms with Crippen LogP contribution in [0.25, 0.3) is 0 Å². The van der Waals surface area contributed by atoms with E-state index in [-0.39, 0.29) is 17.7 Å². The zero-order valence-electron chi connectivity index (χ0n) is 14.7. The molecule has 0 bridgehead atoms. The molecule has 1 aliphatic rings. The SMILES string of the molecule is CS(=O)(=O)CCCCN1C(=O)CC[C@@H]1C=CC(O)Cc1ccccc1. The van der Waals surface area contributed by atoms with Gasteiger partial charge < -0.3 is 10.0 Å². The molecule has 1 fully saturated rings. The van der Waals surface area contributed by atoms with E-state index >= 15 is 0 Å². The van der Waals surface area contributed by atoms with Crippen molar-refractivity contribution in [2.45, 2.75) is 44.2 Å². The lowest BCUT2D eigenvalue weighted by Gasteiger charge is -2.22. The van der Waals surface area contributed by atoms with Gasteiger partial charge in [-0.2, -0.15) is 0 Å². The summed E-state index contributed by atoms with van der Waals surface area (Å²) < 4.78 is 22.3. The predicted molar refractivity (Wildman–Crippen MR) is 99.0 cm³/mol. The predicted octanol–water partition coefficient (Wildman–Crippen LogP) is 1.96. The molecular weight excluding hydrogens is 338 g/mol. The van der Waals surface area contributed by atoms with Crippen molar-refractivity contribution >= 4 is 15.7 Å². The third kappa shape index (κ3) is 7.00. The van der Waals surface area contributed by atoms with Crippen LogP contribution in [-0.4, -0.2) is 55.0 Å². The Morgan fingerprint density at radius 3 is 2.68 bits per heavy atom. The van der Waals surface area contributed by atoms with Gasteiger partial charge in [0.25, 0.3) is 0 Å². The standard InChI is InChI=1S/C19H27NO4S/c1-25(23,24)14-6-5-13-20-17(10-12-19(20)22)9-11-18(21)15-16-7-3-2-4-8-16/h2-4,7-9,11,17-18,21H,5-6,10,12-15H2,1H3/t17-,18?/m0/s1. The second kappa shape index (κ2) is 9.15. The van der Waals surface area contributed by atoms with E-state index in [4.69, 9.17) is 0 Å². The number of amides is 1. The maximum atomic E-state index is 12.0. The lowest BCUT2D eigenvalue weighted by molar-refractivity contribution is -0.128. The van der Waals surface area contributed by atoms with E-state index in [0.29, 0.717) is 32.2 Å². The summed E-state index contributed by atoms with van der Waals surface area (Å²) in [5.74, 6) is 0.261. The van der Waals surface area contributed by atoms with Gasteiger partial charge in [-0.15, -0.1) is 0 Å². The Kier molecular flexibility index (Phi) is 7.20. The molecule has 1 heterocycles. The van der Waals surface area contributed by atoms with Gasteiger partial charge in [0.1, 0.15) is 9.84 Å². The first-order chi connectivity index (χ1) is 11.8. The van der Waals surface area contributed by atoms with Crippen LogP contribution < -0.4 is 0 Å². The summed E-state index contributed by atoms with van der Waals surface area (Å²) in [4.78, 5) is 13.8. The lowest BCUT2D eigenvalue weighted by Crippen LogP contribution is -2.33. The van der Waals surface area contributed by atoms with Crippen LogP contribution >= 0.6 is 0 Å². The second-order valence-corrected chi connectivity index (χ2v) is 8.93. The van der Waals surface area contributed by atoms with Crippen LogP contribution in [0.4, 0.5) is 0 Å². The number of nitrogens with zero attached hydrogens (tertiary/aromatic N) is 1. The number of sulfone groups is 1. The third-order valence-corrected chi connectivity index (χ3v) is 5.41. The molecule has 1 unspecified atom stereocenters. The molecule has 1 amide bonds. The van der Waals surface area contributed by atoms with Gasteiger partial charge in [-0.05, 0) is 24.8 Å². The molecule has 0 aromatic heterocycles. The van der Waals surface area contributed by atoms with E-state index in [1.807, 2.05) is 36.4 Å². The fraction of sp³-hybridized carbons (Fsp3) is 0.526. The van der Waals surface area contributed by atoms with E-state index in [9.17, 15) is 18.3 Å². The molecule has 0 aliphatic carbocycles. The maximum Gasteiger partial charge on any atom is 0.223 e. The molecule has 6 heteroatoms. The Morgan fingerprint density at radius 1 is 1.28 bits per heavy atom. The van der Waals surface area contributed by atoms with E-state index in [1.165, 1.54) is 6.26 Å². The molecule has 0 spiro atoms. The molecule has 1 aromatic carbocycles. The number of benzene rings is 1. The molecular formula is C19H27NO4S. The highest BCUT2D eigenvalue weighted by Crippen LogP contribution is 2.21. The number of carbonyl (C=O) groups is 1. The summed E-state index contributed by atoms with van der Waals surface area (Å²) in [7, 11) is -2.95. The first-order valence-electron chi connectivity index (χ1n) is 8.72. The molecule has 2 atom stereocenters. The minimum atomic E-state index is -2.95. The normalized spacial score (nSPS) is 19.7. The van der Waals surface area contributed by atoms with Gasteiger partial charge in [-0.1, -0.05) is 42.5 Å². The highest BCUT2D eigenvalue weighted by Gasteiger charge is 2.28. The van der Waals surface area contributed by atoms with Crippen molar-refractivity contribution in [3.8, 4) is 0 Å². The highest BCUT2D eigenvalue weighted by molar-refractivity contribution is 7.90. The van der Waals surface area contributed by atoms with Crippen molar-refractivity contribution < 1.29 is 18.3 Å². The van der Waals surface area contributed by atoms with Gasteiger partial charge in [0.2, 0.25) is 5.91 Å². The topological polar surface area (TPSA) is 74.7 Å². The van der Waals surface area contributed by atoms with E-state index in [0.717, 1.165) is 12.0 Å². The summed E-state index contributed by atoms with van der Waals surface area (Å²) >= 11 is 0. The number of unbranched alkanes of at least 4 members (excludes halogenated alkanes) is 1. The fourth-order valence-electron chi connectivity index (χ4n) is 3.07. The number of rotatable bonds is 9. The van der Waals surface area contributed by atoms with Crippen LogP contribution in [-0.2, 0) is 21.1 Å². The number of aliphatic hydroxyl groups excluding tert-OH is 1. The number of carbonyl (C=O) groups excluding carboxylic acids is 1. The molecule has 1 saturated heterocycles. The summed E-state index contributed by atoms with van der Waals surface area (Å²) in [6.07, 6.45) is 7.38. The minimum absolute atomic E-state index is 0.00356. The first kappa shape index (κ1) is 19.7. The second-order valence-electron chi connectivity index (χ2n) is 6.67. The number of hydrogen-bond acceptors (Lipinski definition) is 4. The van der Waals surface area contributed by atoms with Crippen LogP contribution in [0, 0.1) is 0 Å². The van der Waals surface area contributed by atoms with Crippen molar-refractivity contribution in [2.75, 3.05) is 18.6 Å². The first-order valence-corrected chi connectivity index (χ1v) is 10.8. The van der Waals surface area contributed by atoms with Crippen LogP contribution in [0.2, 0.25) is 0 Å². The molecule has 138 valence electrons. The monoisotopic (exact) mass is 365 g/mol. The molecule has 1 N–H and O–H groups in total. The van der Waals surface area contributed by atoms with Gasteiger partial charge in [0.15, 0.2) is 0 Å². The van der Waals surface area contributed by atoms with Crippen molar-refractivity contribution in [3.63, 3.8) is 0 Å². The molecule has 0 radical (unpaired) electrons. The van der Waals surface area contributed by atoms with Gasteiger partial charge >= 0.3 is 0 Å². The lowest BCUT2D eigenvalue weighted by atomic mass is 10.1. The summed E-state index contributed by atoms with van der Waals surface area (Å²) in [5.41, 5.74) is 1.07. The Morgan fingerprint density at radius 2 is 2.00 bits per heavy atom. The Bertz CT molecular complexity index is 685. The summed E-state index contributed by atoms with van der Waals surface area (Å²) in [5, 5.41) is 10.2. The van der Waals surface area contributed by atoms with Gasteiger partial charge in [-0.25, -0.2) is 8.42 Å². The summed E-state index contributed by atoms with van der Waals surface area (Å²) in [6, 6.07) is 9.78. The molecule has 0 saturated carbocycles. The average Bonchev–Trinajstić information content (AvgIpc) is 2.90. The van der Waals surface area contributed by atoms with Crippen molar-refractivity contribution in [3.05, 3.63) is 48.0 Å².